The fraction of sp³-hybridized carbons (Fsp3) is 0.440. The average Bonchev–Trinajstić information content (AvgIpc) is 2.81. The minimum atomic E-state index is -4.01. The Labute approximate surface area is 207 Å². The van der Waals surface area contributed by atoms with E-state index in [-0.39, 0.29) is 17.5 Å². The van der Waals surface area contributed by atoms with E-state index in [9.17, 15) is 18.0 Å². The van der Waals surface area contributed by atoms with Crippen LogP contribution in [0.4, 0.5) is 5.69 Å². The Morgan fingerprint density at radius 2 is 1.66 bits per heavy atom. The van der Waals surface area contributed by atoms with Crippen LogP contribution in [0, 0.1) is 0 Å². The number of esters is 1. The lowest BCUT2D eigenvalue weighted by Gasteiger charge is -2.32. The molecule has 3 rings (SSSR count). The molecule has 1 saturated heterocycles. The summed E-state index contributed by atoms with van der Waals surface area (Å²) < 4.78 is 33.3. The molecule has 9 nitrogen and oxygen atoms in total. The largest absolute Gasteiger partial charge is 0.459 e. The van der Waals surface area contributed by atoms with Gasteiger partial charge in [0, 0.05) is 36.9 Å². The molecule has 0 spiro atoms. The van der Waals surface area contributed by atoms with Crippen LogP contribution < -0.4 is 20.7 Å². The van der Waals surface area contributed by atoms with E-state index in [1.165, 1.54) is 12.1 Å². The molecule has 0 radical (unpaired) electrons. The Bertz CT molecular complexity index is 1110. The molecule has 2 aromatic rings. The molecule has 1 atom stereocenters. The van der Waals surface area contributed by atoms with Gasteiger partial charge in [0.15, 0.2) is 0 Å². The average molecular weight is 503 g/mol. The molecule has 35 heavy (non-hydrogen) atoms. The first-order valence-electron chi connectivity index (χ1n) is 11.6. The van der Waals surface area contributed by atoms with Crippen molar-refractivity contribution >= 4 is 27.6 Å². The number of anilines is 1. The number of hydrogen-bond donors (Lipinski definition) is 3. The Morgan fingerprint density at radius 3 is 2.23 bits per heavy atom. The summed E-state index contributed by atoms with van der Waals surface area (Å²) in [5.41, 5.74) is 6.55. The van der Waals surface area contributed by atoms with Crippen molar-refractivity contribution in [3.63, 3.8) is 0 Å². The first-order valence-corrected chi connectivity index (χ1v) is 13.1. The van der Waals surface area contributed by atoms with Crippen LogP contribution in [0.25, 0.3) is 0 Å². The van der Waals surface area contributed by atoms with Crippen LogP contribution in [-0.2, 0) is 19.6 Å². The predicted molar refractivity (Wildman–Crippen MR) is 135 cm³/mol. The maximum absolute atomic E-state index is 12.8. The highest BCUT2D eigenvalue weighted by molar-refractivity contribution is 7.89. The summed E-state index contributed by atoms with van der Waals surface area (Å²) in [6.45, 7) is 6.51. The number of benzene rings is 2. The normalized spacial score (nSPS) is 15.9. The molecule has 0 saturated carbocycles. The van der Waals surface area contributed by atoms with Crippen molar-refractivity contribution in [2.75, 3.05) is 24.5 Å². The van der Waals surface area contributed by atoms with E-state index < -0.39 is 33.5 Å². The summed E-state index contributed by atoms with van der Waals surface area (Å²) >= 11 is 0. The molecule has 1 fully saturated rings. The second kappa shape index (κ2) is 11.2. The molecule has 190 valence electrons. The zero-order chi connectivity index (χ0) is 25.6. The Kier molecular flexibility index (Phi) is 8.52. The third-order valence-electron chi connectivity index (χ3n) is 5.54. The molecule has 1 heterocycles. The molecule has 0 aromatic heterocycles. The van der Waals surface area contributed by atoms with E-state index in [0.29, 0.717) is 5.56 Å². The van der Waals surface area contributed by atoms with Crippen molar-refractivity contribution in [3.8, 4) is 0 Å². The summed E-state index contributed by atoms with van der Waals surface area (Å²) in [6, 6.07) is 13.8. The van der Waals surface area contributed by atoms with Gasteiger partial charge in [0.25, 0.3) is 5.91 Å². The van der Waals surface area contributed by atoms with E-state index in [1.807, 2.05) is 12.1 Å². The smallest absolute Gasteiger partial charge is 0.326 e. The standard InChI is InChI=1S/C25H34N4O5S/c1-25(2,3)34-24(31)22(28-35(32,33)21-7-5-4-6-8-21)17-27-23(30)18-9-11-20(12-10-18)29-15-13-19(26)14-16-29/h4-12,19,22,28H,13-17,26H2,1-3H3,(H,27,30). The van der Waals surface area contributed by atoms with Crippen LogP contribution in [0.5, 0.6) is 0 Å². The number of sulfonamides is 1. The number of rotatable bonds is 8. The third kappa shape index (κ3) is 7.78. The van der Waals surface area contributed by atoms with Gasteiger partial charge in [0.2, 0.25) is 10.0 Å². The molecule has 1 aliphatic rings. The Balaban J connectivity index is 1.68. The molecular weight excluding hydrogens is 468 g/mol. The van der Waals surface area contributed by atoms with E-state index in [2.05, 4.69) is 14.9 Å². The van der Waals surface area contributed by atoms with Gasteiger partial charge in [-0.3, -0.25) is 9.59 Å². The van der Waals surface area contributed by atoms with Crippen molar-refractivity contribution in [3.05, 3.63) is 60.2 Å². The van der Waals surface area contributed by atoms with Gasteiger partial charge in [-0.2, -0.15) is 4.72 Å². The van der Waals surface area contributed by atoms with Gasteiger partial charge in [-0.25, -0.2) is 8.42 Å². The maximum Gasteiger partial charge on any atom is 0.326 e. The fourth-order valence-electron chi connectivity index (χ4n) is 3.68. The lowest BCUT2D eigenvalue weighted by Crippen LogP contribution is -2.50. The van der Waals surface area contributed by atoms with E-state index in [1.54, 1.807) is 51.1 Å². The second-order valence-electron chi connectivity index (χ2n) is 9.60. The van der Waals surface area contributed by atoms with Crippen LogP contribution in [0.1, 0.15) is 44.0 Å². The Hall–Kier alpha value is -2.95. The summed E-state index contributed by atoms with van der Waals surface area (Å²) in [5.74, 6) is -1.21. The van der Waals surface area contributed by atoms with Gasteiger partial charge in [-0.05, 0) is 70.0 Å². The van der Waals surface area contributed by atoms with Gasteiger partial charge in [-0.15, -0.1) is 0 Å². The Morgan fingerprint density at radius 1 is 1.06 bits per heavy atom. The molecule has 1 aliphatic heterocycles. The maximum atomic E-state index is 12.8. The summed E-state index contributed by atoms with van der Waals surface area (Å²) in [5, 5.41) is 2.65. The van der Waals surface area contributed by atoms with Gasteiger partial charge in [-0.1, -0.05) is 18.2 Å². The van der Waals surface area contributed by atoms with Gasteiger partial charge >= 0.3 is 5.97 Å². The van der Waals surface area contributed by atoms with Crippen molar-refractivity contribution < 1.29 is 22.7 Å². The summed E-state index contributed by atoms with van der Waals surface area (Å²) in [4.78, 5) is 27.7. The molecular formula is C25H34N4O5S. The number of piperidine rings is 1. The first kappa shape index (κ1) is 26.7. The number of ether oxygens (including phenoxy) is 1. The van der Waals surface area contributed by atoms with Crippen molar-refractivity contribution in [2.45, 2.75) is 56.2 Å². The zero-order valence-corrected chi connectivity index (χ0v) is 21.2. The summed E-state index contributed by atoms with van der Waals surface area (Å²) in [7, 11) is -4.01. The van der Waals surface area contributed by atoms with Crippen molar-refractivity contribution in [1.82, 2.24) is 10.0 Å². The highest BCUT2D eigenvalue weighted by atomic mass is 32.2. The monoisotopic (exact) mass is 502 g/mol. The first-order chi connectivity index (χ1) is 16.4. The molecule has 1 unspecified atom stereocenters. The van der Waals surface area contributed by atoms with Crippen LogP contribution in [-0.4, -0.2) is 57.6 Å². The molecule has 1 amide bonds. The number of carbonyl (C=O) groups is 2. The lowest BCUT2D eigenvalue weighted by molar-refractivity contribution is -0.156. The lowest BCUT2D eigenvalue weighted by atomic mass is 10.0. The zero-order valence-electron chi connectivity index (χ0n) is 20.4. The fourth-order valence-corrected chi connectivity index (χ4v) is 4.88. The van der Waals surface area contributed by atoms with Gasteiger partial charge in [0.05, 0.1) is 4.90 Å². The molecule has 0 aliphatic carbocycles. The quantitative estimate of drug-likeness (QED) is 0.471. The minimum absolute atomic E-state index is 0.00847. The van der Waals surface area contributed by atoms with Crippen LogP contribution >= 0.6 is 0 Å². The number of carbonyl (C=O) groups excluding carboxylic acids is 2. The number of nitrogens with two attached hydrogens (primary N) is 1. The molecule has 0 bridgehead atoms. The molecule has 10 heteroatoms. The minimum Gasteiger partial charge on any atom is -0.459 e. The second-order valence-corrected chi connectivity index (χ2v) is 11.3. The van der Waals surface area contributed by atoms with Gasteiger partial charge < -0.3 is 20.7 Å². The third-order valence-corrected chi connectivity index (χ3v) is 7.03. The number of nitrogens with zero attached hydrogens (tertiary/aromatic N) is 1. The predicted octanol–water partition coefficient (Wildman–Crippen LogP) is 2.03. The van der Waals surface area contributed by atoms with Crippen LogP contribution in [0.3, 0.4) is 0 Å². The highest BCUT2D eigenvalue weighted by Gasteiger charge is 2.30. The van der Waals surface area contributed by atoms with Crippen molar-refractivity contribution in [2.24, 2.45) is 5.73 Å². The van der Waals surface area contributed by atoms with E-state index in [0.717, 1.165) is 31.6 Å². The van der Waals surface area contributed by atoms with E-state index >= 15 is 0 Å². The van der Waals surface area contributed by atoms with Crippen molar-refractivity contribution in [1.29, 1.82) is 0 Å². The highest BCUT2D eigenvalue weighted by Crippen LogP contribution is 2.20. The topological polar surface area (TPSA) is 131 Å². The number of nitrogens with one attached hydrogen (secondary N) is 2. The van der Waals surface area contributed by atoms with E-state index in [4.69, 9.17) is 10.5 Å². The SMILES string of the molecule is CC(C)(C)OC(=O)C(CNC(=O)c1ccc(N2CCC(N)CC2)cc1)NS(=O)(=O)c1ccccc1. The van der Waals surface area contributed by atoms with Gasteiger partial charge in [0.1, 0.15) is 11.6 Å². The number of hydrogen-bond acceptors (Lipinski definition) is 7. The summed E-state index contributed by atoms with van der Waals surface area (Å²) in [6.07, 6.45) is 1.85. The molecule has 4 N–H and O–H groups in total. The number of amides is 1. The van der Waals surface area contributed by atoms with Crippen LogP contribution in [0.2, 0.25) is 0 Å². The van der Waals surface area contributed by atoms with Crippen LogP contribution in [0.15, 0.2) is 59.5 Å². The molecule has 2 aromatic carbocycles.